The van der Waals surface area contributed by atoms with E-state index >= 15 is 0 Å². The normalized spacial score (nSPS) is 25.5. The van der Waals surface area contributed by atoms with E-state index in [2.05, 4.69) is 34.8 Å². The Hall–Kier alpha value is -0.360. The lowest BCUT2D eigenvalue weighted by molar-refractivity contribution is -0.133. The van der Waals surface area contributed by atoms with Gasteiger partial charge in [-0.05, 0) is 25.3 Å². The fraction of sp³-hybridized carbons (Fsp3) is 0.765. The van der Waals surface area contributed by atoms with Crippen molar-refractivity contribution in [3.8, 4) is 0 Å². The van der Waals surface area contributed by atoms with Gasteiger partial charge in [-0.25, -0.2) is 4.98 Å². The van der Waals surface area contributed by atoms with Crippen LogP contribution in [0.4, 0.5) is 0 Å². The summed E-state index contributed by atoms with van der Waals surface area (Å²) in [4.78, 5) is 17.4. The molecule has 0 spiro atoms. The van der Waals surface area contributed by atoms with Gasteiger partial charge in [0.2, 0.25) is 5.91 Å². The largest absolute Gasteiger partial charge is 0.355 e. The SMILES string of the molecule is CC(C)c1nc(CCNC(=O)[C@@]23CCCC[C@H]2CNC3)cs1.Cl.Cl. The van der Waals surface area contributed by atoms with E-state index in [9.17, 15) is 4.79 Å². The molecule has 2 heterocycles. The maximum absolute atomic E-state index is 12.7. The van der Waals surface area contributed by atoms with Crippen molar-refractivity contribution < 1.29 is 4.79 Å². The Bertz CT molecular complexity index is 538. The highest BCUT2D eigenvalue weighted by molar-refractivity contribution is 7.09. The molecule has 1 aliphatic carbocycles. The number of carbonyl (C=O) groups excluding carboxylic acids is 1. The summed E-state index contributed by atoms with van der Waals surface area (Å²) >= 11 is 1.72. The van der Waals surface area contributed by atoms with E-state index < -0.39 is 0 Å². The number of nitrogens with zero attached hydrogens (tertiary/aromatic N) is 1. The van der Waals surface area contributed by atoms with Crippen molar-refractivity contribution in [2.24, 2.45) is 11.3 Å². The van der Waals surface area contributed by atoms with Crippen molar-refractivity contribution in [3.05, 3.63) is 16.1 Å². The zero-order valence-electron chi connectivity index (χ0n) is 14.5. The minimum Gasteiger partial charge on any atom is -0.355 e. The zero-order valence-corrected chi connectivity index (χ0v) is 16.9. The van der Waals surface area contributed by atoms with Gasteiger partial charge in [-0.15, -0.1) is 36.2 Å². The lowest BCUT2D eigenvalue weighted by Gasteiger charge is -2.37. The molecule has 2 atom stereocenters. The summed E-state index contributed by atoms with van der Waals surface area (Å²) in [6.07, 6.45) is 5.55. The van der Waals surface area contributed by atoms with Gasteiger partial charge < -0.3 is 10.6 Å². The number of fused-ring (bicyclic) bond motifs is 1. The average Bonchev–Trinajstić information content (AvgIpc) is 3.14. The molecular weight excluding hydrogens is 365 g/mol. The number of nitrogens with one attached hydrogen (secondary N) is 2. The van der Waals surface area contributed by atoms with Crippen LogP contribution in [0.15, 0.2) is 5.38 Å². The quantitative estimate of drug-likeness (QED) is 0.803. The van der Waals surface area contributed by atoms with E-state index in [4.69, 9.17) is 0 Å². The van der Waals surface area contributed by atoms with Crippen LogP contribution in [0.2, 0.25) is 0 Å². The maximum Gasteiger partial charge on any atom is 0.227 e. The minimum atomic E-state index is -0.135. The van der Waals surface area contributed by atoms with Crippen LogP contribution in [0.1, 0.15) is 56.2 Å². The van der Waals surface area contributed by atoms with E-state index in [1.54, 1.807) is 11.3 Å². The Morgan fingerprint density at radius 1 is 1.46 bits per heavy atom. The Balaban J connectivity index is 0.00000144. The number of aromatic nitrogens is 1. The van der Waals surface area contributed by atoms with Crippen LogP contribution in [-0.2, 0) is 11.2 Å². The lowest BCUT2D eigenvalue weighted by Crippen LogP contribution is -2.48. The molecule has 1 saturated carbocycles. The van der Waals surface area contributed by atoms with E-state index in [-0.39, 0.29) is 36.1 Å². The maximum atomic E-state index is 12.7. The van der Waals surface area contributed by atoms with Gasteiger partial charge in [0.1, 0.15) is 0 Å². The molecule has 7 heteroatoms. The van der Waals surface area contributed by atoms with Gasteiger partial charge in [0, 0.05) is 30.8 Å². The second kappa shape index (κ2) is 9.37. The molecule has 4 nitrogen and oxygen atoms in total. The third kappa shape index (κ3) is 4.43. The summed E-state index contributed by atoms with van der Waals surface area (Å²) in [5.41, 5.74) is 0.972. The van der Waals surface area contributed by atoms with Crippen LogP contribution in [-0.4, -0.2) is 30.5 Å². The smallest absolute Gasteiger partial charge is 0.227 e. The Labute approximate surface area is 161 Å². The van der Waals surface area contributed by atoms with Gasteiger partial charge >= 0.3 is 0 Å². The van der Waals surface area contributed by atoms with Crippen molar-refractivity contribution in [3.63, 3.8) is 0 Å². The fourth-order valence-corrected chi connectivity index (χ4v) is 4.74. The number of hydrogen-bond donors (Lipinski definition) is 2. The third-order valence-corrected chi connectivity index (χ3v) is 6.41. The van der Waals surface area contributed by atoms with E-state index in [0.29, 0.717) is 18.4 Å². The van der Waals surface area contributed by atoms with Crippen LogP contribution < -0.4 is 10.6 Å². The molecule has 0 aromatic carbocycles. The lowest BCUT2D eigenvalue weighted by atomic mass is 9.67. The highest BCUT2D eigenvalue weighted by Gasteiger charge is 2.49. The molecular formula is C17H29Cl2N3OS. The van der Waals surface area contributed by atoms with Gasteiger partial charge in [0.05, 0.1) is 16.1 Å². The molecule has 2 fully saturated rings. The first kappa shape index (κ1) is 21.7. The topological polar surface area (TPSA) is 54.0 Å². The van der Waals surface area contributed by atoms with Crippen LogP contribution in [0.3, 0.4) is 0 Å². The standard InChI is InChI=1S/C17H27N3OS.2ClH/c1-12(2)15-20-14(10-22-15)6-8-19-16(21)17-7-4-3-5-13(17)9-18-11-17;;/h10,12-13,18H,3-9,11H2,1-2H3,(H,19,21);2*1H/t13-,17+;;/m0../s1. The Morgan fingerprint density at radius 2 is 2.25 bits per heavy atom. The number of carbonyl (C=O) groups is 1. The third-order valence-electron chi connectivity index (χ3n) is 5.22. The van der Waals surface area contributed by atoms with Gasteiger partial charge in [0.25, 0.3) is 0 Å². The van der Waals surface area contributed by atoms with Crippen LogP contribution >= 0.6 is 36.2 Å². The highest BCUT2D eigenvalue weighted by atomic mass is 35.5. The molecule has 138 valence electrons. The number of rotatable bonds is 5. The van der Waals surface area contributed by atoms with E-state index in [1.165, 1.54) is 24.3 Å². The van der Waals surface area contributed by atoms with Crippen molar-refractivity contribution in [2.45, 2.75) is 51.9 Å². The predicted molar refractivity (Wildman–Crippen MR) is 105 cm³/mol. The molecule has 24 heavy (non-hydrogen) atoms. The molecule has 0 radical (unpaired) electrons. The molecule has 0 unspecified atom stereocenters. The van der Waals surface area contributed by atoms with Gasteiger partial charge in [-0.2, -0.15) is 0 Å². The molecule has 2 N–H and O–H groups in total. The highest BCUT2D eigenvalue weighted by Crippen LogP contribution is 2.43. The average molecular weight is 394 g/mol. The summed E-state index contributed by atoms with van der Waals surface area (Å²) in [5, 5.41) is 9.94. The van der Waals surface area contributed by atoms with E-state index in [0.717, 1.165) is 31.6 Å². The second-order valence-corrected chi connectivity index (χ2v) is 7.96. The minimum absolute atomic E-state index is 0. The van der Waals surface area contributed by atoms with Crippen LogP contribution in [0.25, 0.3) is 0 Å². The molecule has 0 bridgehead atoms. The number of amides is 1. The van der Waals surface area contributed by atoms with Crippen molar-refractivity contribution in [2.75, 3.05) is 19.6 Å². The van der Waals surface area contributed by atoms with Crippen LogP contribution in [0.5, 0.6) is 0 Å². The predicted octanol–water partition coefficient (Wildman–Crippen LogP) is 3.55. The molecule has 1 amide bonds. The Morgan fingerprint density at radius 3 is 2.96 bits per heavy atom. The molecule has 1 aromatic heterocycles. The zero-order chi connectivity index (χ0) is 15.6. The van der Waals surface area contributed by atoms with E-state index in [1.807, 2.05) is 0 Å². The second-order valence-electron chi connectivity index (χ2n) is 7.07. The Kier molecular flexibility index (Phi) is 8.46. The van der Waals surface area contributed by atoms with Gasteiger partial charge in [-0.1, -0.05) is 26.7 Å². The number of halogens is 2. The first-order chi connectivity index (χ1) is 10.6. The summed E-state index contributed by atoms with van der Waals surface area (Å²) < 4.78 is 0. The number of thiazole rings is 1. The molecule has 1 saturated heterocycles. The monoisotopic (exact) mass is 393 g/mol. The summed E-state index contributed by atoms with van der Waals surface area (Å²) in [6.45, 7) is 6.91. The van der Waals surface area contributed by atoms with Crippen LogP contribution in [0, 0.1) is 11.3 Å². The summed E-state index contributed by atoms with van der Waals surface area (Å²) in [6, 6.07) is 0. The molecule has 3 rings (SSSR count). The first-order valence-electron chi connectivity index (χ1n) is 8.55. The van der Waals surface area contributed by atoms with Crippen molar-refractivity contribution in [1.29, 1.82) is 0 Å². The number of hydrogen-bond acceptors (Lipinski definition) is 4. The summed E-state index contributed by atoms with van der Waals surface area (Å²) in [5.74, 6) is 1.29. The first-order valence-corrected chi connectivity index (χ1v) is 9.43. The van der Waals surface area contributed by atoms with Crippen molar-refractivity contribution >= 4 is 42.1 Å². The fourth-order valence-electron chi connectivity index (χ4n) is 3.87. The summed E-state index contributed by atoms with van der Waals surface area (Å²) in [7, 11) is 0. The molecule has 2 aliphatic rings. The van der Waals surface area contributed by atoms with Crippen molar-refractivity contribution in [1.82, 2.24) is 15.6 Å². The molecule has 1 aromatic rings. The molecule has 1 aliphatic heterocycles. The van der Waals surface area contributed by atoms with Gasteiger partial charge in [-0.3, -0.25) is 4.79 Å². The van der Waals surface area contributed by atoms with Gasteiger partial charge in [0.15, 0.2) is 0 Å².